The molecule has 0 aliphatic heterocycles. The van der Waals surface area contributed by atoms with Gasteiger partial charge in [0.1, 0.15) is 5.75 Å². The Morgan fingerprint density at radius 2 is 1.82 bits per heavy atom. The van der Waals surface area contributed by atoms with Crippen molar-refractivity contribution in [3.8, 4) is 5.75 Å². The van der Waals surface area contributed by atoms with Gasteiger partial charge in [0.25, 0.3) is 0 Å². The second-order valence-corrected chi connectivity index (χ2v) is 5.12. The number of phenolic OH excluding ortho intramolecular Hbond substituents is 1. The molecule has 0 saturated carbocycles. The van der Waals surface area contributed by atoms with Crippen molar-refractivity contribution >= 4 is 29.1 Å². The van der Waals surface area contributed by atoms with E-state index >= 15 is 0 Å². The lowest BCUT2D eigenvalue weighted by molar-refractivity contribution is 0.478. The molecule has 2 aromatic rings. The van der Waals surface area contributed by atoms with Gasteiger partial charge in [0.15, 0.2) is 0 Å². The normalized spacial score (nSPS) is 10.4. The van der Waals surface area contributed by atoms with Crippen molar-refractivity contribution in [3.63, 3.8) is 0 Å². The molecule has 0 atom stereocenters. The molecule has 0 heterocycles. The van der Waals surface area contributed by atoms with Crippen molar-refractivity contribution in [2.24, 2.45) is 0 Å². The first kappa shape index (κ1) is 12.1. The largest absolute Gasteiger partial charge is 0.506 e. The van der Waals surface area contributed by atoms with Crippen LogP contribution in [0.3, 0.4) is 0 Å². The Kier molecular flexibility index (Phi) is 3.82. The zero-order chi connectivity index (χ0) is 12.3. The average Bonchev–Trinajstić information content (AvgIpc) is 2.33. The van der Waals surface area contributed by atoms with Gasteiger partial charge in [-0.15, -0.1) is 11.8 Å². The van der Waals surface area contributed by atoms with Gasteiger partial charge in [-0.1, -0.05) is 17.7 Å². The molecule has 2 nitrogen and oxygen atoms in total. The Labute approximate surface area is 109 Å². The molecule has 0 amide bonds. The van der Waals surface area contributed by atoms with Gasteiger partial charge in [-0.25, -0.2) is 0 Å². The number of hydrogen-bond donors (Lipinski definition) is 2. The molecule has 0 spiro atoms. The third kappa shape index (κ3) is 3.32. The molecule has 4 heteroatoms. The molecule has 0 unspecified atom stereocenters. The first-order valence-electron chi connectivity index (χ1n) is 5.11. The highest BCUT2D eigenvalue weighted by Crippen LogP contribution is 2.27. The summed E-state index contributed by atoms with van der Waals surface area (Å²) in [5, 5.41) is 10.1. The molecule has 0 aliphatic rings. The Hall–Kier alpha value is -1.32. The van der Waals surface area contributed by atoms with Crippen LogP contribution in [0.1, 0.15) is 5.56 Å². The quantitative estimate of drug-likeness (QED) is 0.502. The second-order valence-electron chi connectivity index (χ2n) is 3.64. The molecular formula is C13H12ClNOS. The molecule has 0 fully saturated rings. The van der Waals surface area contributed by atoms with Crippen LogP contribution >= 0.6 is 23.4 Å². The van der Waals surface area contributed by atoms with Crippen LogP contribution in [-0.2, 0) is 5.75 Å². The van der Waals surface area contributed by atoms with Gasteiger partial charge in [-0.2, -0.15) is 0 Å². The van der Waals surface area contributed by atoms with Crippen LogP contribution in [0.2, 0.25) is 5.02 Å². The molecule has 88 valence electrons. The van der Waals surface area contributed by atoms with Crippen LogP contribution in [0.25, 0.3) is 0 Å². The molecule has 17 heavy (non-hydrogen) atoms. The predicted octanol–water partition coefficient (Wildman–Crippen LogP) is 3.92. The number of hydrogen-bond acceptors (Lipinski definition) is 3. The van der Waals surface area contributed by atoms with Crippen LogP contribution < -0.4 is 5.73 Å². The van der Waals surface area contributed by atoms with Gasteiger partial charge in [0, 0.05) is 15.7 Å². The molecule has 2 aromatic carbocycles. The lowest BCUT2D eigenvalue weighted by Crippen LogP contribution is -1.88. The van der Waals surface area contributed by atoms with E-state index in [1.165, 1.54) is 0 Å². The van der Waals surface area contributed by atoms with E-state index < -0.39 is 0 Å². The van der Waals surface area contributed by atoms with Crippen molar-refractivity contribution in [1.82, 2.24) is 0 Å². The number of thioether (sulfide) groups is 1. The molecule has 0 bridgehead atoms. The summed E-state index contributed by atoms with van der Waals surface area (Å²) in [6.45, 7) is 0. The van der Waals surface area contributed by atoms with Gasteiger partial charge in [0.2, 0.25) is 0 Å². The standard InChI is InChI=1S/C13H12ClNOS/c14-10-2-4-11(5-3-10)17-8-9-1-6-13(16)12(15)7-9/h1-7,16H,8,15H2. The van der Waals surface area contributed by atoms with E-state index in [-0.39, 0.29) is 5.75 Å². The minimum Gasteiger partial charge on any atom is -0.506 e. The lowest BCUT2D eigenvalue weighted by Gasteiger charge is -2.04. The number of phenols is 1. The number of rotatable bonds is 3. The van der Waals surface area contributed by atoms with Crippen LogP contribution in [0, 0.1) is 0 Å². The van der Waals surface area contributed by atoms with E-state index in [9.17, 15) is 5.11 Å². The maximum absolute atomic E-state index is 9.31. The van der Waals surface area contributed by atoms with E-state index in [1.807, 2.05) is 30.3 Å². The number of anilines is 1. The summed E-state index contributed by atoms with van der Waals surface area (Å²) in [7, 11) is 0. The molecular weight excluding hydrogens is 254 g/mol. The van der Waals surface area contributed by atoms with E-state index in [0.29, 0.717) is 5.69 Å². The third-order valence-corrected chi connectivity index (χ3v) is 3.65. The maximum Gasteiger partial charge on any atom is 0.138 e. The van der Waals surface area contributed by atoms with Gasteiger partial charge in [-0.05, 0) is 42.0 Å². The molecule has 3 N–H and O–H groups in total. The molecule has 0 saturated heterocycles. The highest BCUT2D eigenvalue weighted by molar-refractivity contribution is 7.98. The fourth-order valence-electron chi connectivity index (χ4n) is 1.39. The summed E-state index contributed by atoms with van der Waals surface area (Å²) in [6, 6.07) is 13.0. The van der Waals surface area contributed by atoms with Crippen LogP contribution in [0.4, 0.5) is 5.69 Å². The van der Waals surface area contributed by atoms with Crippen molar-refractivity contribution in [3.05, 3.63) is 53.1 Å². The third-order valence-electron chi connectivity index (χ3n) is 2.31. The second kappa shape index (κ2) is 5.34. The number of nitrogens with two attached hydrogens (primary N) is 1. The summed E-state index contributed by atoms with van der Waals surface area (Å²) in [5.41, 5.74) is 7.13. The average molecular weight is 266 g/mol. The number of benzene rings is 2. The first-order valence-corrected chi connectivity index (χ1v) is 6.47. The van der Waals surface area contributed by atoms with Crippen molar-refractivity contribution < 1.29 is 5.11 Å². The van der Waals surface area contributed by atoms with Gasteiger partial charge in [-0.3, -0.25) is 0 Å². The van der Waals surface area contributed by atoms with Crippen molar-refractivity contribution in [2.75, 3.05) is 5.73 Å². The first-order chi connectivity index (χ1) is 8.15. The van der Waals surface area contributed by atoms with Crippen molar-refractivity contribution in [2.45, 2.75) is 10.6 Å². The van der Waals surface area contributed by atoms with Crippen LogP contribution in [-0.4, -0.2) is 5.11 Å². The highest BCUT2D eigenvalue weighted by atomic mass is 35.5. The van der Waals surface area contributed by atoms with E-state index in [0.717, 1.165) is 21.2 Å². The summed E-state index contributed by atoms with van der Waals surface area (Å²) < 4.78 is 0. The minimum atomic E-state index is 0.130. The Bertz CT molecular complexity index is 513. The zero-order valence-corrected chi connectivity index (χ0v) is 10.6. The van der Waals surface area contributed by atoms with E-state index in [1.54, 1.807) is 23.9 Å². The topological polar surface area (TPSA) is 46.2 Å². The number of aromatic hydroxyl groups is 1. The lowest BCUT2D eigenvalue weighted by atomic mass is 10.2. The molecule has 0 aromatic heterocycles. The number of nitrogen functional groups attached to an aromatic ring is 1. The fraction of sp³-hybridized carbons (Fsp3) is 0.0769. The fourth-order valence-corrected chi connectivity index (χ4v) is 2.36. The number of halogens is 1. The summed E-state index contributed by atoms with van der Waals surface area (Å²) in [6.07, 6.45) is 0. The maximum atomic E-state index is 9.31. The Morgan fingerprint density at radius 1 is 1.12 bits per heavy atom. The monoisotopic (exact) mass is 265 g/mol. The van der Waals surface area contributed by atoms with Crippen molar-refractivity contribution in [1.29, 1.82) is 0 Å². The predicted molar refractivity (Wildman–Crippen MR) is 73.5 cm³/mol. The molecule has 0 radical (unpaired) electrons. The van der Waals surface area contributed by atoms with Crippen LogP contribution in [0.15, 0.2) is 47.4 Å². The molecule has 2 rings (SSSR count). The molecule has 0 aliphatic carbocycles. The smallest absolute Gasteiger partial charge is 0.138 e. The summed E-state index contributed by atoms with van der Waals surface area (Å²) in [4.78, 5) is 1.15. The Morgan fingerprint density at radius 3 is 2.47 bits per heavy atom. The Balaban J connectivity index is 2.02. The SMILES string of the molecule is Nc1cc(CSc2ccc(Cl)cc2)ccc1O. The highest BCUT2D eigenvalue weighted by Gasteiger charge is 2.00. The van der Waals surface area contributed by atoms with E-state index in [4.69, 9.17) is 17.3 Å². The summed E-state index contributed by atoms with van der Waals surface area (Å²) in [5.74, 6) is 0.941. The van der Waals surface area contributed by atoms with E-state index in [2.05, 4.69) is 0 Å². The van der Waals surface area contributed by atoms with Gasteiger partial charge >= 0.3 is 0 Å². The zero-order valence-electron chi connectivity index (χ0n) is 9.06. The van der Waals surface area contributed by atoms with Gasteiger partial charge in [0.05, 0.1) is 5.69 Å². The summed E-state index contributed by atoms with van der Waals surface area (Å²) >= 11 is 7.51. The van der Waals surface area contributed by atoms with Gasteiger partial charge < -0.3 is 10.8 Å². The van der Waals surface area contributed by atoms with Crippen LogP contribution in [0.5, 0.6) is 5.75 Å². The minimum absolute atomic E-state index is 0.130.